The molecule has 0 aliphatic carbocycles. The molecule has 1 aromatic carbocycles. The molecule has 2 saturated heterocycles. The maximum atomic E-state index is 14.3. The number of fused-ring (bicyclic) bond motifs is 1. The van der Waals surface area contributed by atoms with Crippen molar-refractivity contribution in [1.29, 1.82) is 0 Å². The lowest BCUT2D eigenvalue weighted by Gasteiger charge is -2.43. The minimum Gasteiger partial charge on any atom is -0.480 e. The molecule has 3 aliphatic rings. The van der Waals surface area contributed by atoms with Gasteiger partial charge in [-0.3, -0.25) is 9.69 Å². The van der Waals surface area contributed by atoms with Crippen LogP contribution in [0.5, 0.6) is 0 Å². The number of benzene rings is 1. The van der Waals surface area contributed by atoms with Crippen molar-refractivity contribution in [1.82, 2.24) is 9.88 Å². The van der Waals surface area contributed by atoms with Crippen LogP contribution in [0, 0.1) is 5.82 Å². The predicted octanol–water partition coefficient (Wildman–Crippen LogP) is 4.34. The minimum atomic E-state index is -0.979. The topological polar surface area (TPSA) is 93.2 Å². The summed E-state index contributed by atoms with van der Waals surface area (Å²) in [6.45, 7) is 3.69. The third-order valence-corrected chi connectivity index (χ3v) is 8.21. The van der Waals surface area contributed by atoms with Crippen LogP contribution in [-0.4, -0.2) is 79.7 Å². The first kappa shape index (κ1) is 28.0. The maximum Gasteiger partial charge on any atom is 0.325 e. The van der Waals surface area contributed by atoms with Crippen LogP contribution in [0.1, 0.15) is 66.4 Å². The van der Waals surface area contributed by atoms with E-state index in [1.807, 2.05) is 4.90 Å². The maximum absolute atomic E-state index is 14.3. The van der Waals surface area contributed by atoms with Crippen LogP contribution in [0.3, 0.4) is 0 Å². The van der Waals surface area contributed by atoms with E-state index in [1.54, 1.807) is 13.2 Å². The van der Waals surface area contributed by atoms with Gasteiger partial charge in [0.2, 0.25) is 0 Å². The summed E-state index contributed by atoms with van der Waals surface area (Å²) in [6, 6.07) is 7.91. The second kappa shape index (κ2) is 13.2. The minimum absolute atomic E-state index is 0.00736. The van der Waals surface area contributed by atoms with Gasteiger partial charge in [0.15, 0.2) is 0 Å². The highest BCUT2D eigenvalue weighted by Gasteiger charge is 2.40. The summed E-state index contributed by atoms with van der Waals surface area (Å²) >= 11 is 0. The lowest BCUT2D eigenvalue weighted by atomic mass is 9.83. The summed E-state index contributed by atoms with van der Waals surface area (Å²) < 4.78 is 31.5. The number of nitrogens with one attached hydrogen (secondary N) is 1. The number of ether oxygens (including phenoxy) is 3. The number of pyridine rings is 1. The number of hydrogen-bond acceptors (Lipinski definition) is 7. The SMILES string of the molecule is COC1COCCC1c1ccc(F)cc1C(C(=O)O)N1CC(OCCCCCc2ccc3c(n2)NCCC3)C1. The number of methoxy groups -OCH3 is 1. The first-order chi connectivity index (χ1) is 19.0. The van der Waals surface area contributed by atoms with E-state index in [9.17, 15) is 14.3 Å². The lowest BCUT2D eigenvalue weighted by Crippen LogP contribution is -2.55. The van der Waals surface area contributed by atoms with Gasteiger partial charge in [-0.25, -0.2) is 9.37 Å². The van der Waals surface area contributed by atoms with Crippen LogP contribution in [0.15, 0.2) is 30.3 Å². The van der Waals surface area contributed by atoms with Gasteiger partial charge in [-0.05, 0) is 73.4 Å². The van der Waals surface area contributed by atoms with Crippen LogP contribution in [0.25, 0.3) is 0 Å². The third-order valence-electron chi connectivity index (χ3n) is 8.21. The number of unbranched alkanes of at least 4 members (excludes halogenated alkanes) is 2. The Kier molecular flexibility index (Phi) is 9.45. The first-order valence-corrected chi connectivity index (χ1v) is 14.2. The largest absolute Gasteiger partial charge is 0.480 e. The molecular formula is C30H40FN3O5. The summed E-state index contributed by atoms with van der Waals surface area (Å²) in [4.78, 5) is 19.0. The van der Waals surface area contributed by atoms with Gasteiger partial charge in [-0.15, -0.1) is 0 Å². The van der Waals surface area contributed by atoms with Crippen molar-refractivity contribution in [2.45, 2.75) is 69.1 Å². The van der Waals surface area contributed by atoms with Gasteiger partial charge < -0.3 is 24.6 Å². The Morgan fingerprint density at radius 1 is 1.26 bits per heavy atom. The number of hydrogen-bond donors (Lipinski definition) is 2. The molecule has 5 rings (SSSR count). The molecule has 0 saturated carbocycles. The Morgan fingerprint density at radius 3 is 2.95 bits per heavy atom. The summed E-state index contributed by atoms with van der Waals surface area (Å²) in [5, 5.41) is 13.5. The van der Waals surface area contributed by atoms with Gasteiger partial charge in [-0.1, -0.05) is 18.6 Å². The number of aryl methyl sites for hydroxylation is 2. The number of aliphatic carboxylic acids is 1. The van der Waals surface area contributed by atoms with E-state index in [0.717, 1.165) is 55.7 Å². The zero-order valence-electron chi connectivity index (χ0n) is 22.7. The second-order valence-corrected chi connectivity index (χ2v) is 10.9. The molecule has 2 fully saturated rings. The number of carbonyl (C=O) groups is 1. The normalized spacial score (nSPS) is 22.5. The number of likely N-dealkylation sites (tertiary alicyclic amines) is 1. The molecule has 3 atom stereocenters. The van der Waals surface area contributed by atoms with Crippen LogP contribution in [0.4, 0.5) is 10.2 Å². The fraction of sp³-hybridized carbons (Fsp3) is 0.600. The van der Waals surface area contributed by atoms with Crippen molar-refractivity contribution in [3.05, 3.63) is 58.5 Å². The van der Waals surface area contributed by atoms with E-state index < -0.39 is 17.8 Å². The quantitative estimate of drug-likeness (QED) is 0.384. The molecule has 3 aliphatic heterocycles. The molecule has 2 N–H and O–H groups in total. The van der Waals surface area contributed by atoms with E-state index in [-0.39, 0.29) is 18.1 Å². The van der Waals surface area contributed by atoms with Gasteiger partial charge in [0.05, 0.1) is 18.8 Å². The van der Waals surface area contributed by atoms with E-state index in [1.165, 1.54) is 24.1 Å². The van der Waals surface area contributed by atoms with Gasteiger partial charge in [0, 0.05) is 51.6 Å². The summed E-state index contributed by atoms with van der Waals surface area (Å²) in [7, 11) is 1.63. The van der Waals surface area contributed by atoms with Gasteiger partial charge in [0.1, 0.15) is 17.7 Å². The van der Waals surface area contributed by atoms with Crippen molar-refractivity contribution < 1.29 is 28.5 Å². The van der Waals surface area contributed by atoms with Gasteiger partial charge in [-0.2, -0.15) is 0 Å². The Bertz CT molecular complexity index is 1130. The molecule has 8 nitrogen and oxygen atoms in total. The standard InChI is InChI=1S/C30H40FN3O5/c1-37-27-19-38-15-12-25(27)24-11-9-21(31)16-26(24)28(30(35)36)34-17-23(18-34)39-14-4-2-3-7-22-10-8-20-6-5-13-32-29(20)33-22/h8-11,16,23,25,27-28H,2-7,12-15,17-19H2,1H3,(H,32,33)(H,35,36). The third kappa shape index (κ3) is 6.77. The molecule has 0 amide bonds. The number of halogens is 1. The van der Waals surface area contributed by atoms with E-state index in [2.05, 4.69) is 17.4 Å². The average Bonchev–Trinajstić information content (AvgIpc) is 2.93. The number of anilines is 1. The monoisotopic (exact) mass is 541 g/mol. The zero-order valence-corrected chi connectivity index (χ0v) is 22.7. The number of rotatable bonds is 12. The second-order valence-electron chi connectivity index (χ2n) is 10.9. The molecule has 9 heteroatoms. The van der Waals surface area contributed by atoms with Crippen LogP contribution >= 0.6 is 0 Å². The molecule has 3 unspecified atom stereocenters. The Morgan fingerprint density at radius 2 is 2.13 bits per heavy atom. The van der Waals surface area contributed by atoms with Crippen molar-refractivity contribution in [3.8, 4) is 0 Å². The molecule has 212 valence electrons. The first-order valence-electron chi connectivity index (χ1n) is 14.2. The smallest absolute Gasteiger partial charge is 0.325 e. The van der Waals surface area contributed by atoms with Crippen molar-refractivity contribution >= 4 is 11.8 Å². The molecule has 1 aromatic heterocycles. The highest BCUT2D eigenvalue weighted by molar-refractivity contribution is 5.76. The Balaban J connectivity index is 1.09. The van der Waals surface area contributed by atoms with Crippen molar-refractivity contribution in [3.63, 3.8) is 0 Å². The van der Waals surface area contributed by atoms with Crippen molar-refractivity contribution in [2.24, 2.45) is 0 Å². The van der Waals surface area contributed by atoms with E-state index in [0.29, 0.717) is 44.9 Å². The number of carboxylic acids is 1. The Labute approximate surface area is 229 Å². The summed E-state index contributed by atoms with van der Waals surface area (Å²) in [6.07, 6.45) is 6.80. The number of carboxylic acid groups (broad SMARTS) is 1. The Hall–Kier alpha value is -2.59. The summed E-state index contributed by atoms with van der Waals surface area (Å²) in [5.74, 6) is -0.404. The fourth-order valence-corrected chi connectivity index (χ4v) is 6.03. The molecule has 39 heavy (non-hydrogen) atoms. The van der Waals surface area contributed by atoms with Crippen LogP contribution in [-0.2, 0) is 31.8 Å². The molecule has 2 aromatic rings. The van der Waals surface area contributed by atoms with Gasteiger partial charge in [0.25, 0.3) is 0 Å². The predicted molar refractivity (Wildman–Crippen MR) is 146 cm³/mol. The highest BCUT2D eigenvalue weighted by Crippen LogP contribution is 2.38. The highest BCUT2D eigenvalue weighted by atomic mass is 19.1. The zero-order chi connectivity index (χ0) is 27.2. The van der Waals surface area contributed by atoms with E-state index in [4.69, 9.17) is 19.2 Å². The molecule has 4 heterocycles. The average molecular weight is 542 g/mol. The number of nitrogens with zero attached hydrogens (tertiary/aromatic N) is 2. The molecule has 0 radical (unpaired) electrons. The van der Waals surface area contributed by atoms with E-state index >= 15 is 0 Å². The molecule has 0 bridgehead atoms. The summed E-state index contributed by atoms with van der Waals surface area (Å²) in [5.41, 5.74) is 3.77. The molecular weight excluding hydrogens is 501 g/mol. The lowest BCUT2D eigenvalue weighted by molar-refractivity contribution is -0.151. The van der Waals surface area contributed by atoms with Crippen molar-refractivity contribution in [2.75, 3.05) is 51.9 Å². The molecule has 0 spiro atoms. The number of aromatic nitrogens is 1. The van der Waals surface area contributed by atoms with Crippen LogP contribution in [0.2, 0.25) is 0 Å². The van der Waals surface area contributed by atoms with Gasteiger partial charge >= 0.3 is 5.97 Å². The fourth-order valence-electron chi connectivity index (χ4n) is 6.03. The van der Waals surface area contributed by atoms with Crippen LogP contribution < -0.4 is 5.32 Å².